The van der Waals surface area contributed by atoms with Gasteiger partial charge in [-0.1, -0.05) is 0 Å². The number of carbonyl (C=O) groups excluding carboxylic acids is 1. The van der Waals surface area contributed by atoms with Gasteiger partial charge in [-0.3, -0.25) is 5.43 Å². The van der Waals surface area contributed by atoms with E-state index in [4.69, 9.17) is 9.88 Å². The molecule has 1 aliphatic heterocycles. The average Bonchev–Trinajstić information content (AvgIpc) is 2.53. The number of nitrogens with two attached hydrogens (primary N) is 1. The third kappa shape index (κ3) is 4.93. The first-order valence-electron chi connectivity index (χ1n) is 7.26. The van der Waals surface area contributed by atoms with Gasteiger partial charge >= 0.3 is 6.09 Å². The van der Waals surface area contributed by atoms with Crippen LogP contribution in [0.25, 0.3) is 0 Å². The van der Waals surface area contributed by atoms with Crippen LogP contribution in [0.15, 0.2) is 34.3 Å². The molecule has 1 saturated heterocycles. The summed E-state index contributed by atoms with van der Waals surface area (Å²) in [6, 6.07) is 6.03. The summed E-state index contributed by atoms with van der Waals surface area (Å²) >= 11 is 0. The third-order valence-electron chi connectivity index (χ3n) is 3.39. The molecule has 0 aliphatic carbocycles. The lowest BCUT2D eigenvalue weighted by atomic mass is 10.1. The van der Waals surface area contributed by atoms with Crippen LogP contribution in [-0.4, -0.2) is 44.8 Å². The minimum absolute atomic E-state index is 0.0541. The molecule has 1 aromatic rings. The van der Waals surface area contributed by atoms with E-state index in [0.717, 1.165) is 5.71 Å². The Hall–Kier alpha value is -2.13. The monoisotopic (exact) mass is 340 g/mol. The van der Waals surface area contributed by atoms with Gasteiger partial charge in [-0.15, -0.1) is 0 Å². The molecule has 0 unspecified atom stereocenters. The number of sulfonamides is 1. The van der Waals surface area contributed by atoms with E-state index in [1.807, 2.05) is 0 Å². The van der Waals surface area contributed by atoms with Gasteiger partial charge < -0.3 is 9.64 Å². The molecule has 23 heavy (non-hydrogen) atoms. The zero-order valence-electron chi connectivity index (χ0n) is 12.9. The summed E-state index contributed by atoms with van der Waals surface area (Å²) in [5, 5.41) is 9.33. The molecule has 0 atom stereocenters. The van der Waals surface area contributed by atoms with E-state index in [-0.39, 0.29) is 11.0 Å². The Bertz CT molecular complexity index is 675. The number of primary sulfonamides is 1. The molecule has 1 aliphatic rings. The fraction of sp³-hybridized carbons (Fsp3) is 0.429. The van der Waals surface area contributed by atoms with E-state index < -0.39 is 10.0 Å². The molecule has 2 rings (SSSR count). The highest BCUT2D eigenvalue weighted by Gasteiger charge is 2.20. The summed E-state index contributed by atoms with van der Waals surface area (Å²) in [6.07, 6.45) is 1.04. The maximum absolute atomic E-state index is 11.6. The van der Waals surface area contributed by atoms with Crippen LogP contribution in [0.4, 0.5) is 10.5 Å². The molecule has 1 aromatic carbocycles. The van der Waals surface area contributed by atoms with Crippen LogP contribution in [0, 0.1) is 0 Å². The van der Waals surface area contributed by atoms with Crippen LogP contribution in [-0.2, 0) is 14.8 Å². The molecule has 1 fully saturated rings. The summed E-state index contributed by atoms with van der Waals surface area (Å²) < 4.78 is 27.3. The Labute approximate surface area is 135 Å². The number of benzene rings is 1. The van der Waals surface area contributed by atoms with Crippen molar-refractivity contribution in [3.05, 3.63) is 24.3 Å². The largest absolute Gasteiger partial charge is 0.450 e. The summed E-state index contributed by atoms with van der Waals surface area (Å²) in [5.74, 6) is 0. The number of hydrogen-bond donors (Lipinski definition) is 2. The lowest BCUT2D eigenvalue weighted by molar-refractivity contribution is 0.107. The molecular formula is C14H20N4O4S. The van der Waals surface area contributed by atoms with E-state index in [1.165, 1.54) is 12.1 Å². The second kappa shape index (κ2) is 7.42. The van der Waals surface area contributed by atoms with Crippen molar-refractivity contribution in [1.29, 1.82) is 0 Å². The fourth-order valence-electron chi connectivity index (χ4n) is 2.14. The number of nitrogens with one attached hydrogen (secondary N) is 1. The number of hydrogen-bond acceptors (Lipinski definition) is 6. The first-order chi connectivity index (χ1) is 10.9. The highest BCUT2D eigenvalue weighted by atomic mass is 32.2. The van der Waals surface area contributed by atoms with Crippen LogP contribution >= 0.6 is 0 Å². The number of ether oxygens (including phenoxy) is 1. The van der Waals surface area contributed by atoms with Gasteiger partial charge in [-0.05, 0) is 31.2 Å². The summed E-state index contributed by atoms with van der Waals surface area (Å²) in [7, 11) is -3.69. The molecule has 3 N–H and O–H groups in total. The summed E-state index contributed by atoms with van der Waals surface area (Å²) in [4.78, 5) is 13.3. The Morgan fingerprint density at radius 2 is 1.91 bits per heavy atom. The topological polar surface area (TPSA) is 114 Å². The number of likely N-dealkylation sites (tertiary alicyclic amines) is 1. The minimum atomic E-state index is -3.69. The highest BCUT2D eigenvalue weighted by Crippen LogP contribution is 2.14. The Kier molecular flexibility index (Phi) is 5.56. The molecule has 0 spiro atoms. The van der Waals surface area contributed by atoms with Crippen molar-refractivity contribution in [2.75, 3.05) is 25.1 Å². The van der Waals surface area contributed by atoms with Gasteiger partial charge in [0, 0.05) is 31.6 Å². The number of rotatable bonds is 4. The molecular weight excluding hydrogens is 320 g/mol. The normalized spacial score (nSPS) is 15.2. The van der Waals surface area contributed by atoms with Gasteiger partial charge in [0.2, 0.25) is 10.0 Å². The number of nitrogens with zero attached hydrogens (tertiary/aromatic N) is 2. The quantitative estimate of drug-likeness (QED) is 0.803. The van der Waals surface area contributed by atoms with Gasteiger partial charge in [0.15, 0.2) is 0 Å². The first-order valence-corrected chi connectivity index (χ1v) is 8.81. The first kappa shape index (κ1) is 17.2. The van der Waals surface area contributed by atoms with E-state index in [9.17, 15) is 13.2 Å². The van der Waals surface area contributed by atoms with Crippen molar-refractivity contribution in [2.45, 2.75) is 24.7 Å². The zero-order chi connectivity index (χ0) is 16.9. The SMILES string of the molecule is CCOC(=O)N1CCC(=NNc2ccc(S(N)(=O)=O)cc2)CC1. The fourth-order valence-corrected chi connectivity index (χ4v) is 2.65. The molecule has 9 heteroatoms. The second-order valence-corrected chi connectivity index (χ2v) is 6.61. The number of carbonyl (C=O) groups is 1. The van der Waals surface area contributed by atoms with Crippen LogP contribution in [0.2, 0.25) is 0 Å². The van der Waals surface area contributed by atoms with Crippen LogP contribution in [0.3, 0.4) is 0 Å². The predicted molar refractivity (Wildman–Crippen MR) is 86.7 cm³/mol. The maximum atomic E-state index is 11.6. The number of hydrazone groups is 1. The average molecular weight is 340 g/mol. The van der Waals surface area contributed by atoms with Crippen LogP contribution in [0.1, 0.15) is 19.8 Å². The van der Waals surface area contributed by atoms with Gasteiger partial charge in [0.05, 0.1) is 17.2 Å². The lowest BCUT2D eigenvalue weighted by Gasteiger charge is -2.26. The van der Waals surface area contributed by atoms with Crippen molar-refractivity contribution in [3.63, 3.8) is 0 Å². The molecule has 126 valence electrons. The van der Waals surface area contributed by atoms with E-state index in [2.05, 4.69) is 10.5 Å². The molecule has 0 bridgehead atoms. The van der Waals surface area contributed by atoms with Gasteiger partial charge in [-0.2, -0.15) is 5.10 Å². The van der Waals surface area contributed by atoms with Crippen molar-refractivity contribution in [3.8, 4) is 0 Å². The third-order valence-corrected chi connectivity index (χ3v) is 4.32. The van der Waals surface area contributed by atoms with Crippen molar-refractivity contribution in [1.82, 2.24) is 4.90 Å². The predicted octanol–water partition coefficient (Wildman–Crippen LogP) is 1.35. The Balaban J connectivity index is 1.89. The smallest absolute Gasteiger partial charge is 0.409 e. The highest BCUT2D eigenvalue weighted by molar-refractivity contribution is 7.89. The van der Waals surface area contributed by atoms with Crippen LogP contribution < -0.4 is 10.6 Å². The number of anilines is 1. The zero-order valence-corrected chi connectivity index (χ0v) is 13.7. The number of piperidine rings is 1. The molecule has 0 radical (unpaired) electrons. The summed E-state index contributed by atoms with van der Waals surface area (Å²) in [5.41, 5.74) is 4.49. The maximum Gasteiger partial charge on any atom is 0.409 e. The molecule has 0 saturated carbocycles. The Morgan fingerprint density at radius 3 is 2.43 bits per heavy atom. The van der Waals surface area contributed by atoms with E-state index in [1.54, 1.807) is 24.0 Å². The van der Waals surface area contributed by atoms with Gasteiger partial charge in [0.1, 0.15) is 0 Å². The molecule has 1 amide bonds. The van der Waals surface area contributed by atoms with Gasteiger partial charge in [0.25, 0.3) is 0 Å². The minimum Gasteiger partial charge on any atom is -0.450 e. The van der Waals surface area contributed by atoms with Gasteiger partial charge in [-0.25, -0.2) is 18.4 Å². The van der Waals surface area contributed by atoms with Crippen LogP contribution in [0.5, 0.6) is 0 Å². The molecule has 8 nitrogen and oxygen atoms in total. The van der Waals surface area contributed by atoms with Crippen molar-refractivity contribution >= 4 is 27.5 Å². The summed E-state index contributed by atoms with van der Waals surface area (Å²) in [6.45, 7) is 3.29. The van der Waals surface area contributed by atoms with Crippen molar-refractivity contribution < 1.29 is 17.9 Å². The molecule has 1 heterocycles. The van der Waals surface area contributed by atoms with Crippen molar-refractivity contribution in [2.24, 2.45) is 10.2 Å². The lowest BCUT2D eigenvalue weighted by Crippen LogP contribution is -2.39. The van der Waals surface area contributed by atoms with E-state index >= 15 is 0 Å². The Morgan fingerprint density at radius 1 is 1.30 bits per heavy atom. The van der Waals surface area contributed by atoms with E-state index in [0.29, 0.717) is 38.2 Å². The number of amides is 1. The standard InChI is InChI=1S/C14H20N4O4S/c1-2-22-14(19)18-9-7-12(8-10-18)17-16-11-3-5-13(6-4-11)23(15,20)21/h3-6,16H,2,7-10H2,1H3,(H2,15,20,21). The molecule has 0 aromatic heterocycles. The second-order valence-electron chi connectivity index (χ2n) is 5.05.